The molecule has 2 heterocycles. The fourth-order valence-corrected chi connectivity index (χ4v) is 3.79. The zero-order valence-electron chi connectivity index (χ0n) is 10.8. The molecule has 1 fully saturated rings. The molecule has 1 aromatic rings. The predicted octanol–water partition coefficient (Wildman–Crippen LogP) is -0.223. The first-order valence-electron chi connectivity index (χ1n) is 5.90. The second-order valence-corrected chi connectivity index (χ2v) is 6.74. The maximum atomic E-state index is 12.2. The van der Waals surface area contributed by atoms with Crippen LogP contribution in [0.4, 0.5) is 5.82 Å². The molecule has 2 rings (SSSR count). The lowest BCUT2D eigenvalue weighted by Gasteiger charge is -2.22. The van der Waals surface area contributed by atoms with Crippen molar-refractivity contribution in [3.8, 4) is 0 Å². The first kappa shape index (κ1) is 13.7. The van der Waals surface area contributed by atoms with Crippen LogP contribution in [0.5, 0.6) is 0 Å². The van der Waals surface area contributed by atoms with Gasteiger partial charge in [-0.05, 0) is 6.42 Å². The lowest BCUT2D eigenvalue weighted by Crippen LogP contribution is -2.38. The standard InChI is InChI=1S/C11H16N4O3S/c1-12-10-6-13-5-9(14-10)11(16)15(2)8-3-4-19(17,18)7-8/h5-6,8H,3-4,7H2,1-2H3,(H,12,14). The zero-order valence-corrected chi connectivity index (χ0v) is 11.6. The molecule has 0 bridgehead atoms. The van der Waals surface area contributed by atoms with Gasteiger partial charge in [0.15, 0.2) is 9.84 Å². The maximum Gasteiger partial charge on any atom is 0.274 e. The molecule has 1 aliphatic heterocycles. The molecule has 19 heavy (non-hydrogen) atoms. The van der Waals surface area contributed by atoms with Gasteiger partial charge in [0.2, 0.25) is 0 Å². The van der Waals surface area contributed by atoms with E-state index in [9.17, 15) is 13.2 Å². The van der Waals surface area contributed by atoms with Crippen LogP contribution < -0.4 is 5.32 Å². The number of carbonyl (C=O) groups excluding carboxylic acids is 1. The Morgan fingerprint density at radius 2 is 2.21 bits per heavy atom. The van der Waals surface area contributed by atoms with E-state index >= 15 is 0 Å². The first-order valence-corrected chi connectivity index (χ1v) is 7.72. The number of carbonyl (C=O) groups is 1. The van der Waals surface area contributed by atoms with Crippen LogP contribution in [0, 0.1) is 0 Å². The number of nitrogens with one attached hydrogen (secondary N) is 1. The van der Waals surface area contributed by atoms with Gasteiger partial charge in [-0.2, -0.15) is 0 Å². The van der Waals surface area contributed by atoms with Crippen molar-refractivity contribution in [1.29, 1.82) is 0 Å². The van der Waals surface area contributed by atoms with Crippen LogP contribution in [-0.2, 0) is 9.84 Å². The average molecular weight is 284 g/mol. The molecule has 0 aliphatic carbocycles. The summed E-state index contributed by atoms with van der Waals surface area (Å²) in [6.07, 6.45) is 3.36. The lowest BCUT2D eigenvalue weighted by molar-refractivity contribution is 0.0741. The topological polar surface area (TPSA) is 92.3 Å². The number of nitrogens with zero attached hydrogens (tertiary/aromatic N) is 3. The van der Waals surface area contributed by atoms with Gasteiger partial charge >= 0.3 is 0 Å². The number of amides is 1. The molecule has 104 valence electrons. The van der Waals surface area contributed by atoms with Gasteiger partial charge in [-0.15, -0.1) is 0 Å². The van der Waals surface area contributed by atoms with Gasteiger partial charge in [-0.3, -0.25) is 9.78 Å². The third-order valence-corrected chi connectivity index (χ3v) is 4.94. The quantitative estimate of drug-likeness (QED) is 0.825. The van der Waals surface area contributed by atoms with Gasteiger partial charge in [0, 0.05) is 20.1 Å². The number of aromatic nitrogens is 2. The predicted molar refractivity (Wildman–Crippen MR) is 70.7 cm³/mol. The molecule has 1 aromatic heterocycles. The van der Waals surface area contributed by atoms with E-state index in [0.29, 0.717) is 12.2 Å². The second kappa shape index (κ2) is 5.12. The van der Waals surface area contributed by atoms with Crippen LogP contribution in [0.3, 0.4) is 0 Å². The molecule has 7 nitrogen and oxygen atoms in total. The molecule has 1 aliphatic rings. The van der Waals surface area contributed by atoms with Gasteiger partial charge < -0.3 is 10.2 Å². The number of sulfone groups is 1. The Hall–Kier alpha value is -1.70. The minimum Gasteiger partial charge on any atom is -0.372 e. The fourth-order valence-electron chi connectivity index (χ4n) is 2.02. The second-order valence-electron chi connectivity index (χ2n) is 4.51. The summed E-state index contributed by atoms with van der Waals surface area (Å²) in [4.78, 5) is 21.7. The molecule has 1 atom stereocenters. The van der Waals surface area contributed by atoms with Crippen molar-refractivity contribution < 1.29 is 13.2 Å². The number of hydrogen-bond donors (Lipinski definition) is 1. The Kier molecular flexibility index (Phi) is 3.70. The third-order valence-electron chi connectivity index (χ3n) is 3.19. The van der Waals surface area contributed by atoms with E-state index < -0.39 is 9.84 Å². The van der Waals surface area contributed by atoms with E-state index in [1.165, 1.54) is 17.3 Å². The highest BCUT2D eigenvalue weighted by Gasteiger charge is 2.33. The smallest absolute Gasteiger partial charge is 0.274 e. The highest BCUT2D eigenvalue weighted by molar-refractivity contribution is 7.91. The number of rotatable bonds is 3. The SMILES string of the molecule is CNc1cncc(C(=O)N(C)C2CCS(=O)(=O)C2)n1. The van der Waals surface area contributed by atoms with Crippen molar-refractivity contribution in [1.82, 2.24) is 14.9 Å². The van der Waals surface area contributed by atoms with E-state index in [-0.39, 0.29) is 29.1 Å². The van der Waals surface area contributed by atoms with Crippen molar-refractivity contribution in [3.63, 3.8) is 0 Å². The monoisotopic (exact) mass is 284 g/mol. The molecule has 1 unspecified atom stereocenters. The normalized spacial score (nSPS) is 21.1. The molecule has 8 heteroatoms. The number of anilines is 1. The summed E-state index contributed by atoms with van der Waals surface area (Å²) in [6.45, 7) is 0. The molecule has 1 N–H and O–H groups in total. The molecular weight excluding hydrogens is 268 g/mol. The van der Waals surface area contributed by atoms with Crippen molar-refractivity contribution in [2.24, 2.45) is 0 Å². The molecule has 0 spiro atoms. The van der Waals surface area contributed by atoms with E-state index in [1.54, 1.807) is 14.1 Å². The summed E-state index contributed by atoms with van der Waals surface area (Å²) in [5.41, 5.74) is 0.207. The molecule has 0 radical (unpaired) electrons. The first-order chi connectivity index (χ1) is 8.93. The summed E-state index contributed by atoms with van der Waals surface area (Å²) in [7, 11) is 0.274. The largest absolute Gasteiger partial charge is 0.372 e. The van der Waals surface area contributed by atoms with Crippen LogP contribution in [0.2, 0.25) is 0 Å². The van der Waals surface area contributed by atoms with Gasteiger partial charge in [-0.1, -0.05) is 0 Å². The molecule has 0 aromatic carbocycles. The number of hydrogen-bond acceptors (Lipinski definition) is 6. The highest BCUT2D eigenvalue weighted by Crippen LogP contribution is 2.18. The molecule has 1 amide bonds. The Morgan fingerprint density at radius 1 is 1.47 bits per heavy atom. The fraction of sp³-hybridized carbons (Fsp3) is 0.545. The van der Waals surface area contributed by atoms with Crippen molar-refractivity contribution in [2.45, 2.75) is 12.5 Å². The van der Waals surface area contributed by atoms with Gasteiger partial charge in [0.1, 0.15) is 11.5 Å². The van der Waals surface area contributed by atoms with Gasteiger partial charge in [-0.25, -0.2) is 13.4 Å². The lowest BCUT2D eigenvalue weighted by atomic mass is 10.2. The van der Waals surface area contributed by atoms with E-state index in [0.717, 1.165) is 0 Å². The van der Waals surface area contributed by atoms with Crippen LogP contribution in [0.25, 0.3) is 0 Å². The van der Waals surface area contributed by atoms with Gasteiger partial charge in [0.25, 0.3) is 5.91 Å². The summed E-state index contributed by atoms with van der Waals surface area (Å²) >= 11 is 0. The summed E-state index contributed by atoms with van der Waals surface area (Å²) < 4.78 is 22.9. The maximum absolute atomic E-state index is 12.2. The van der Waals surface area contributed by atoms with Crippen molar-refractivity contribution >= 4 is 21.6 Å². The Labute approximate surface area is 112 Å². The van der Waals surface area contributed by atoms with Crippen LogP contribution >= 0.6 is 0 Å². The molecular formula is C11H16N4O3S. The Morgan fingerprint density at radius 3 is 2.79 bits per heavy atom. The molecule has 0 saturated carbocycles. The summed E-state index contributed by atoms with van der Waals surface area (Å²) in [5.74, 6) is 0.344. The zero-order chi connectivity index (χ0) is 14.0. The van der Waals surface area contributed by atoms with Crippen LogP contribution in [0.1, 0.15) is 16.9 Å². The van der Waals surface area contributed by atoms with Crippen molar-refractivity contribution in [2.75, 3.05) is 30.9 Å². The highest BCUT2D eigenvalue weighted by atomic mass is 32.2. The Balaban J connectivity index is 2.15. The third kappa shape index (κ3) is 3.01. The van der Waals surface area contributed by atoms with E-state index in [4.69, 9.17) is 0 Å². The molecule has 1 saturated heterocycles. The van der Waals surface area contributed by atoms with E-state index in [1.807, 2.05) is 0 Å². The van der Waals surface area contributed by atoms with Gasteiger partial charge in [0.05, 0.1) is 23.9 Å². The van der Waals surface area contributed by atoms with Crippen LogP contribution in [0.15, 0.2) is 12.4 Å². The summed E-state index contributed by atoms with van der Waals surface area (Å²) in [6, 6.07) is -0.280. The van der Waals surface area contributed by atoms with Crippen LogP contribution in [-0.4, -0.2) is 60.8 Å². The average Bonchev–Trinajstić information content (AvgIpc) is 2.77. The van der Waals surface area contributed by atoms with E-state index in [2.05, 4.69) is 15.3 Å². The Bertz CT molecular complexity index is 587. The summed E-state index contributed by atoms with van der Waals surface area (Å²) in [5, 5.41) is 2.80. The van der Waals surface area contributed by atoms with Crippen molar-refractivity contribution in [3.05, 3.63) is 18.1 Å². The minimum atomic E-state index is -3.01. The minimum absolute atomic E-state index is 0.0222.